The van der Waals surface area contributed by atoms with Crippen LogP contribution in [0.3, 0.4) is 0 Å². The van der Waals surface area contributed by atoms with Crippen molar-refractivity contribution in [2.45, 2.75) is 59.0 Å². The standard InChI is InChI=1S/C19H24BrN3O3S/c1-5-10(2)26-19(25)14-12-8-6-7-9-13(12)27-18(14)21-17(24)16-15(20)11(3)22-23(16)4/h10H,5-9H2,1-4H3,(H,21,24). The number of anilines is 1. The molecule has 1 amide bonds. The maximum atomic E-state index is 12.9. The summed E-state index contributed by atoms with van der Waals surface area (Å²) in [5.41, 5.74) is 2.73. The predicted molar refractivity (Wildman–Crippen MR) is 110 cm³/mol. The first-order chi connectivity index (χ1) is 12.8. The van der Waals surface area contributed by atoms with Crippen molar-refractivity contribution >= 4 is 44.1 Å². The molecule has 8 heteroatoms. The zero-order chi connectivity index (χ0) is 19.7. The third-order valence-electron chi connectivity index (χ3n) is 4.85. The first-order valence-corrected chi connectivity index (χ1v) is 10.8. The molecule has 2 aromatic rings. The molecule has 2 heterocycles. The highest BCUT2D eigenvalue weighted by atomic mass is 79.9. The van der Waals surface area contributed by atoms with E-state index < -0.39 is 0 Å². The third kappa shape index (κ3) is 3.96. The summed E-state index contributed by atoms with van der Waals surface area (Å²) in [7, 11) is 1.73. The third-order valence-corrected chi connectivity index (χ3v) is 7.01. The van der Waals surface area contributed by atoms with Gasteiger partial charge in [-0.15, -0.1) is 11.3 Å². The number of ether oxygens (including phenoxy) is 1. The highest BCUT2D eigenvalue weighted by Gasteiger charge is 2.29. The van der Waals surface area contributed by atoms with Crippen LogP contribution in [0.15, 0.2) is 4.47 Å². The van der Waals surface area contributed by atoms with Crippen LogP contribution < -0.4 is 5.32 Å². The maximum absolute atomic E-state index is 12.9. The second-order valence-corrected chi connectivity index (χ2v) is 8.76. The van der Waals surface area contributed by atoms with Gasteiger partial charge >= 0.3 is 5.97 Å². The average Bonchev–Trinajstić information content (AvgIpc) is 3.10. The first kappa shape index (κ1) is 20.1. The molecule has 0 fully saturated rings. The van der Waals surface area contributed by atoms with E-state index in [0.717, 1.165) is 43.4 Å². The van der Waals surface area contributed by atoms with Gasteiger partial charge in [-0.05, 0) is 67.4 Å². The molecule has 0 saturated carbocycles. The molecule has 0 aromatic carbocycles. The Kier molecular flexibility index (Phi) is 6.05. The minimum Gasteiger partial charge on any atom is -0.459 e. The summed E-state index contributed by atoms with van der Waals surface area (Å²) in [4.78, 5) is 26.9. The van der Waals surface area contributed by atoms with Crippen LogP contribution in [0.1, 0.15) is 70.1 Å². The quantitative estimate of drug-likeness (QED) is 0.669. The zero-order valence-electron chi connectivity index (χ0n) is 16.0. The fourth-order valence-electron chi connectivity index (χ4n) is 3.24. The van der Waals surface area contributed by atoms with Gasteiger partial charge in [-0.2, -0.15) is 5.10 Å². The van der Waals surface area contributed by atoms with Crippen molar-refractivity contribution in [3.05, 3.63) is 31.9 Å². The lowest BCUT2D eigenvalue weighted by Gasteiger charge is -2.15. The van der Waals surface area contributed by atoms with Gasteiger partial charge in [0.2, 0.25) is 0 Å². The van der Waals surface area contributed by atoms with E-state index in [1.165, 1.54) is 16.2 Å². The van der Waals surface area contributed by atoms with Crippen LogP contribution >= 0.6 is 27.3 Å². The van der Waals surface area contributed by atoms with Gasteiger partial charge in [-0.1, -0.05) is 6.92 Å². The normalized spacial score (nSPS) is 14.6. The Morgan fingerprint density at radius 1 is 1.37 bits per heavy atom. The largest absolute Gasteiger partial charge is 0.459 e. The van der Waals surface area contributed by atoms with E-state index in [-0.39, 0.29) is 18.0 Å². The molecule has 1 unspecified atom stereocenters. The van der Waals surface area contributed by atoms with Crippen molar-refractivity contribution in [1.82, 2.24) is 9.78 Å². The van der Waals surface area contributed by atoms with E-state index in [0.29, 0.717) is 20.7 Å². The molecule has 3 rings (SSSR count). The Bertz CT molecular complexity index is 887. The van der Waals surface area contributed by atoms with Gasteiger partial charge in [0.25, 0.3) is 5.91 Å². The van der Waals surface area contributed by atoms with E-state index in [4.69, 9.17) is 4.74 Å². The molecule has 0 radical (unpaired) electrons. The van der Waals surface area contributed by atoms with Crippen LogP contribution in [0, 0.1) is 6.92 Å². The smallest absolute Gasteiger partial charge is 0.341 e. The van der Waals surface area contributed by atoms with E-state index in [9.17, 15) is 9.59 Å². The monoisotopic (exact) mass is 453 g/mol. The van der Waals surface area contributed by atoms with Crippen LogP contribution in [0.5, 0.6) is 0 Å². The number of thiophene rings is 1. The Balaban J connectivity index is 1.96. The summed E-state index contributed by atoms with van der Waals surface area (Å²) in [6.45, 7) is 5.69. The second-order valence-electron chi connectivity index (χ2n) is 6.86. The summed E-state index contributed by atoms with van der Waals surface area (Å²) in [5, 5.41) is 7.78. The number of amides is 1. The molecule has 1 aliphatic carbocycles. The number of rotatable bonds is 5. The molecule has 2 aromatic heterocycles. The number of carbonyl (C=O) groups excluding carboxylic acids is 2. The van der Waals surface area contributed by atoms with Crippen LogP contribution in [0.4, 0.5) is 5.00 Å². The fraction of sp³-hybridized carbons (Fsp3) is 0.526. The van der Waals surface area contributed by atoms with Crippen molar-refractivity contribution in [2.75, 3.05) is 5.32 Å². The first-order valence-electron chi connectivity index (χ1n) is 9.19. The van der Waals surface area contributed by atoms with Crippen LogP contribution in [-0.4, -0.2) is 27.8 Å². The van der Waals surface area contributed by atoms with Crippen LogP contribution in [0.2, 0.25) is 0 Å². The van der Waals surface area contributed by atoms with Gasteiger partial charge in [-0.3, -0.25) is 9.48 Å². The van der Waals surface area contributed by atoms with Gasteiger partial charge in [0.05, 0.1) is 21.8 Å². The fourth-order valence-corrected chi connectivity index (χ4v) is 5.02. The predicted octanol–water partition coefficient (Wildman–Crippen LogP) is 4.64. The van der Waals surface area contributed by atoms with Crippen molar-refractivity contribution in [2.24, 2.45) is 7.05 Å². The summed E-state index contributed by atoms with van der Waals surface area (Å²) in [6.07, 6.45) is 4.53. The molecular weight excluding hydrogens is 430 g/mol. The average molecular weight is 454 g/mol. The van der Waals surface area contributed by atoms with Crippen LogP contribution in [0.25, 0.3) is 0 Å². The number of carbonyl (C=O) groups is 2. The summed E-state index contributed by atoms with van der Waals surface area (Å²) in [5.74, 6) is -0.638. The van der Waals surface area contributed by atoms with Crippen molar-refractivity contribution in [3.8, 4) is 0 Å². The lowest BCUT2D eigenvalue weighted by molar-refractivity contribution is 0.0335. The van der Waals surface area contributed by atoms with E-state index in [1.54, 1.807) is 11.7 Å². The number of nitrogens with one attached hydrogen (secondary N) is 1. The highest BCUT2D eigenvalue weighted by Crippen LogP contribution is 2.39. The Labute approximate surface area is 171 Å². The van der Waals surface area contributed by atoms with Crippen molar-refractivity contribution < 1.29 is 14.3 Å². The number of aromatic nitrogens is 2. The maximum Gasteiger partial charge on any atom is 0.341 e. The Hall–Kier alpha value is -1.67. The van der Waals surface area contributed by atoms with Crippen LogP contribution in [-0.2, 0) is 24.6 Å². The molecule has 27 heavy (non-hydrogen) atoms. The van der Waals surface area contributed by atoms with E-state index in [1.807, 2.05) is 20.8 Å². The number of fused-ring (bicyclic) bond motifs is 1. The lowest BCUT2D eigenvalue weighted by atomic mass is 9.95. The van der Waals surface area contributed by atoms with Gasteiger partial charge in [-0.25, -0.2) is 4.79 Å². The molecular formula is C19H24BrN3O3S. The number of hydrogen-bond acceptors (Lipinski definition) is 5. The number of hydrogen-bond donors (Lipinski definition) is 1. The minimum atomic E-state index is -0.348. The van der Waals surface area contributed by atoms with Crippen molar-refractivity contribution in [1.29, 1.82) is 0 Å². The topological polar surface area (TPSA) is 73.2 Å². The summed E-state index contributed by atoms with van der Waals surface area (Å²) in [6, 6.07) is 0. The zero-order valence-corrected chi connectivity index (χ0v) is 18.4. The number of aryl methyl sites for hydroxylation is 3. The molecule has 0 saturated heterocycles. The lowest BCUT2D eigenvalue weighted by Crippen LogP contribution is -2.20. The molecule has 0 bridgehead atoms. The van der Waals surface area contributed by atoms with Gasteiger partial charge in [0.1, 0.15) is 10.7 Å². The van der Waals surface area contributed by atoms with E-state index >= 15 is 0 Å². The summed E-state index contributed by atoms with van der Waals surface area (Å²) < 4.78 is 7.78. The Morgan fingerprint density at radius 3 is 2.70 bits per heavy atom. The SMILES string of the molecule is CCC(C)OC(=O)c1c(NC(=O)c2c(Br)c(C)nn2C)sc2c1CCCC2. The van der Waals surface area contributed by atoms with Gasteiger partial charge < -0.3 is 10.1 Å². The molecule has 1 aliphatic rings. The molecule has 146 valence electrons. The van der Waals surface area contributed by atoms with Gasteiger partial charge in [0, 0.05) is 11.9 Å². The molecule has 0 spiro atoms. The summed E-state index contributed by atoms with van der Waals surface area (Å²) >= 11 is 4.92. The minimum absolute atomic E-state index is 0.158. The highest BCUT2D eigenvalue weighted by molar-refractivity contribution is 9.10. The molecule has 1 N–H and O–H groups in total. The Morgan fingerprint density at radius 2 is 2.07 bits per heavy atom. The molecule has 0 aliphatic heterocycles. The number of halogens is 1. The number of nitrogens with zero attached hydrogens (tertiary/aromatic N) is 2. The molecule has 6 nitrogen and oxygen atoms in total. The molecule has 1 atom stereocenters. The number of esters is 1. The van der Waals surface area contributed by atoms with Crippen molar-refractivity contribution in [3.63, 3.8) is 0 Å². The second kappa shape index (κ2) is 8.14. The van der Waals surface area contributed by atoms with E-state index in [2.05, 4.69) is 26.3 Å². The van der Waals surface area contributed by atoms with Gasteiger partial charge in [0.15, 0.2) is 0 Å².